The topological polar surface area (TPSA) is 68.7 Å². The number of fused-ring (bicyclic) bond motifs is 1. The quantitative estimate of drug-likeness (QED) is 0.392. The minimum atomic E-state index is -3.69. The third-order valence-corrected chi connectivity index (χ3v) is 7.48. The molecule has 1 aromatic heterocycles. The van der Waals surface area contributed by atoms with Crippen molar-refractivity contribution >= 4 is 15.7 Å². The van der Waals surface area contributed by atoms with E-state index in [1.807, 2.05) is 36.4 Å². The van der Waals surface area contributed by atoms with Crippen molar-refractivity contribution in [1.29, 1.82) is 0 Å². The maximum Gasteiger partial charge on any atom is 0.264 e. The van der Waals surface area contributed by atoms with Gasteiger partial charge in [0.15, 0.2) is 11.5 Å². The number of nitrogens with zero attached hydrogens (tertiary/aromatic N) is 2. The first kappa shape index (κ1) is 21.0. The van der Waals surface area contributed by atoms with Gasteiger partial charge in [0.1, 0.15) is 5.75 Å². The van der Waals surface area contributed by atoms with Crippen molar-refractivity contribution in [2.45, 2.75) is 11.3 Å². The second-order valence-electron chi connectivity index (χ2n) is 7.63. The van der Waals surface area contributed by atoms with E-state index >= 15 is 0 Å². The first-order valence-corrected chi connectivity index (χ1v) is 12.0. The molecule has 166 valence electrons. The van der Waals surface area contributed by atoms with Gasteiger partial charge in [-0.15, -0.1) is 0 Å². The van der Waals surface area contributed by atoms with Gasteiger partial charge in [-0.2, -0.15) is 0 Å². The number of para-hydroxylation sites is 2. The number of sulfonamides is 1. The summed E-state index contributed by atoms with van der Waals surface area (Å²) in [6, 6.07) is 23.5. The Bertz CT molecular complexity index is 1390. The molecule has 0 unspecified atom stereocenters. The number of methoxy groups -OCH3 is 1. The Morgan fingerprint density at radius 2 is 1.58 bits per heavy atom. The van der Waals surface area contributed by atoms with E-state index in [-0.39, 0.29) is 4.90 Å². The molecule has 7 heteroatoms. The maximum atomic E-state index is 13.4. The predicted octanol–water partition coefficient (Wildman–Crippen LogP) is 5.30. The van der Waals surface area contributed by atoms with Crippen LogP contribution in [0.5, 0.6) is 17.2 Å². The van der Waals surface area contributed by atoms with E-state index < -0.39 is 10.0 Å². The molecule has 6 nitrogen and oxygen atoms in total. The first-order chi connectivity index (χ1) is 16.1. The van der Waals surface area contributed by atoms with Gasteiger partial charge in [0.05, 0.1) is 17.7 Å². The summed E-state index contributed by atoms with van der Waals surface area (Å²) in [4.78, 5) is 4.28. The lowest BCUT2D eigenvalue weighted by Crippen LogP contribution is -2.29. The van der Waals surface area contributed by atoms with Crippen LogP contribution < -0.4 is 13.8 Å². The molecule has 1 aliphatic heterocycles. The number of benzene rings is 3. The summed E-state index contributed by atoms with van der Waals surface area (Å²) in [6.07, 6.45) is 4.17. The zero-order chi connectivity index (χ0) is 22.8. The molecule has 33 heavy (non-hydrogen) atoms. The van der Waals surface area contributed by atoms with E-state index in [4.69, 9.17) is 9.47 Å². The van der Waals surface area contributed by atoms with Crippen LogP contribution >= 0.6 is 0 Å². The first-order valence-electron chi connectivity index (χ1n) is 10.5. The molecule has 0 radical (unpaired) electrons. The number of hydrogen-bond donors (Lipinski definition) is 0. The number of anilines is 1. The van der Waals surface area contributed by atoms with Crippen molar-refractivity contribution in [1.82, 2.24) is 4.98 Å². The molecular weight excluding hydrogens is 436 g/mol. The zero-order valence-electron chi connectivity index (χ0n) is 18.0. The van der Waals surface area contributed by atoms with Crippen LogP contribution in [-0.2, 0) is 16.4 Å². The highest BCUT2D eigenvalue weighted by atomic mass is 32.2. The van der Waals surface area contributed by atoms with E-state index in [1.165, 1.54) is 4.31 Å². The fourth-order valence-electron chi connectivity index (χ4n) is 3.98. The minimum absolute atomic E-state index is 0.223. The molecule has 0 amide bonds. The summed E-state index contributed by atoms with van der Waals surface area (Å²) in [5, 5.41) is 0. The van der Waals surface area contributed by atoms with Gasteiger partial charge in [0.25, 0.3) is 10.0 Å². The van der Waals surface area contributed by atoms with Gasteiger partial charge in [0, 0.05) is 18.9 Å². The SMILES string of the molecule is COc1ccccc1Oc1ccc(S(=O)(=O)N2CCc3cc(-c4ccncc4)ccc32)cc1. The monoisotopic (exact) mass is 458 g/mol. The largest absolute Gasteiger partial charge is 0.493 e. The van der Waals surface area contributed by atoms with Gasteiger partial charge < -0.3 is 9.47 Å². The molecule has 4 aromatic rings. The predicted molar refractivity (Wildman–Crippen MR) is 127 cm³/mol. The molecule has 0 saturated carbocycles. The Kier molecular flexibility index (Phi) is 5.48. The van der Waals surface area contributed by atoms with Gasteiger partial charge in [0.2, 0.25) is 0 Å². The van der Waals surface area contributed by atoms with Crippen LogP contribution in [0.3, 0.4) is 0 Å². The Labute approximate surface area is 193 Å². The van der Waals surface area contributed by atoms with Gasteiger partial charge in [-0.1, -0.05) is 18.2 Å². The Balaban J connectivity index is 1.39. The van der Waals surface area contributed by atoms with Crippen LogP contribution in [0.1, 0.15) is 5.56 Å². The second kappa shape index (κ2) is 8.60. The summed E-state index contributed by atoms with van der Waals surface area (Å²) in [5.41, 5.74) is 3.85. The molecule has 0 atom stereocenters. The summed E-state index contributed by atoms with van der Waals surface area (Å²) < 4.78 is 39.4. The lowest BCUT2D eigenvalue weighted by molar-refractivity contribution is 0.379. The van der Waals surface area contributed by atoms with E-state index in [0.717, 1.165) is 22.4 Å². The number of hydrogen-bond acceptors (Lipinski definition) is 5. The number of rotatable bonds is 6. The maximum absolute atomic E-state index is 13.4. The fourth-order valence-corrected chi connectivity index (χ4v) is 5.49. The number of aromatic nitrogens is 1. The molecule has 2 heterocycles. The van der Waals surface area contributed by atoms with Crippen LogP contribution in [-0.4, -0.2) is 27.1 Å². The van der Waals surface area contributed by atoms with Gasteiger partial charge >= 0.3 is 0 Å². The van der Waals surface area contributed by atoms with Crippen LogP contribution in [0.2, 0.25) is 0 Å². The fraction of sp³-hybridized carbons (Fsp3) is 0.115. The molecule has 0 aliphatic carbocycles. The lowest BCUT2D eigenvalue weighted by atomic mass is 10.0. The van der Waals surface area contributed by atoms with Crippen molar-refractivity contribution in [2.24, 2.45) is 0 Å². The summed E-state index contributed by atoms with van der Waals surface area (Å²) in [7, 11) is -2.11. The molecule has 0 fully saturated rings. The van der Waals surface area contributed by atoms with E-state index in [2.05, 4.69) is 11.1 Å². The molecule has 0 N–H and O–H groups in total. The molecule has 0 bridgehead atoms. The smallest absolute Gasteiger partial charge is 0.264 e. The van der Waals surface area contributed by atoms with Gasteiger partial charge in [-0.3, -0.25) is 9.29 Å². The summed E-state index contributed by atoms with van der Waals surface area (Å²) in [6.45, 7) is 0.414. The van der Waals surface area contributed by atoms with Crippen LogP contribution in [0.15, 0.2) is 96.2 Å². The molecular formula is C26H22N2O4S. The normalized spacial score (nSPS) is 12.9. The van der Waals surface area contributed by atoms with Crippen molar-refractivity contribution in [3.8, 4) is 28.4 Å². The zero-order valence-corrected chi connectivity index (χ0v) is 18.8. The Morgan fingerprint density at radius 1 is 0.848 bits per heavy atom. The second-order valence-corrected chi connectivity index (χ2v) is 9.49. The highest BCUT2D eigenvalue weighted by molar-refractivity contribution is 7.92. The highest BCUT2D eigenvalue weighted by Gasteiger charge is 2.31. The van der Waals surface area contributed by atoms with Crippen LogP contribution in [0.25, 0.3) is 11.1 Å². The number of pyridine rings is 1. The highest BCUT2D eigenvalue weighted by Crippen LogP contribution is 2.36. The van der Waals surface area contributed by atoms with E-state index in [0.29, 0.717) is 30.2 Å². The minimum Gasteiger partial charge on any atom is -0.493 e. The number of ether oxygens (including phenoxy) is 2. The third-order valence-electron chi connectivity index (χ3n) is 5.65. The molecule has 1 aliphatic rings. The summed E-state index contributed by atoms with van der Waals surface area (Å²) in [5.74, 6) is 1.70. The molecule has 3 aromatic carbocycles. The third kappa shape index (κ3) is 4.03. The standard InChI is InChI=1S/C26H22N2O4S/c1-31-25-4-2-3-5-26(25)32-22-7-9-23(10-8-22)33(29,30)28-17-14-21-18-20(6-11-24(21)28)19-12-15-27-16-13-19/h2-13,15-16,18H,14,17H2,1H3. The van der Waals surface area contributed by atoms with Crippen LogP contribution in [0.4, 0.5) is 5.69 Å². The van der Waals surface area contributed by atoms with Crippen molar-refractivity contribution in [2.75, 3.05) is 18.0 Å². The Hall–Kier alpha value is -3.84. The average molecular weight is 459 g/mol. The van der Waals surface area contributed by atoms with Crippen molar-refractivity contribution in [3.05, 3.63) is 96.8 Å². The molecule has 0 spiro atoms. The van der Waals surface area contributed by atoms with Crippen LogP contribution in [0, 0.1) is 0 Å². The van der Waals surface area contributed by atoms with Crippen molar-refractivity contribution < 1.29 is 17.9 Å². The van der Waals surface area contributed by atoms with Gasteiger partial charge in [-0.25, -0.2) is 8.42 Å². The molecule has 5 rings (SSSR count). The lowest BCUT2D eigenvalue weighted by Gasteiger charge is -2.20. The average Bonchev–Trinajstić information content (AvgIpc) is 3.29. The van der Waals surface area contributed by atoms with Gasteiger partial charge in [-0.05, 0) is 83.8 Å². The van der Waals surface area contributed by atoms with E-state index in [9.17, 15) is 8.42 Å². The molecule has 0 saturated heterocycles. The summed E-state index contributed by atoms with van der Waals surface area (Å²) >= 11 is 0. The van der Waals surface area contributed by atoms with E-state index in [1.54, 1.807) is 55.9 Å². The van der Waals surface area contributed by atoms with Crippen molar-refractivity contribution in [3.63, 3.8) is 0 Å². The Morgan fingerprint density at radius 3 is 2.30 bits per heavy atom.